The Hall–Kier alpha value is -2.41. The van der Waals surface area contributed by atoms with Gasteiger partial charge >= 0.3 is 0 Å². The van der Waals surface area contributed by atoms with Crippen LogP contribution in [0.1, 0.15) is 324 Å². The fourth-order valence-corrected chi connectivity index (χ4v) is 11.7. The molecule has 0 saturated carbocycles. The van der Waals surface area contributed by atoms with Gasteiger partial charge in [-0.15, -0.1) is 0 Å². The molecule has 2 aromatic carbocycles. The molecule has 1 N–H and O–H groups in total. The Morgan fingerprint density at radius 3 is 1.04 bits per heavy atom. The zero-order chi connectivity index (χ0) is 51.1. The maximum absolute atomic E-state index is 13.0. The quantitative estimate of drug-likeness (QED) is 0.303. The van der Waals surface area contributed by atoms with E-state index >= 15 is 0 Å². The summed E-state index contributed by atoms with van der Waals surface area (Å²) in [4.78, 5) is 21.0. The molecule has 1 spiro atoms. The van der Waals surface area contributed by atoms with Crippen LogP contribution in [0.3, 0.4) is 0 Å². The summed E-state index contributed by atoms with van der Waals surface area (Å²) < 4.78 is 12.9. The first-order chi connectivity index (χ1) is 36.2. The van der Waals surface area contributed by atoms with Gasteiger partial charge in [-0.3, -0.25) is 9.63 Å². The fraction of sp³-hybridized carbons (Fsp3) is 0.806. The Morgan fingerprint density at radius 2 is 0.699 bits per heavy atom. The second-order valence-electron chi connectivity index (χ2n) is 23.1. The number of hydrogen-bond donors (Lipinski definition) is 1. The van der Waals surface area contributed by atoms with Gasteiger partial charge in [-0.05, 0) is 42.7 Å². The minimum absolute atomic E-state index is 0.221. The topological polar surface area (TPSA) is 60.0 Å². The van der Waals surface area contributed by atoms with E-state index in [2.05, 4.69) is 22.5 Å². The van der Waals surface area contributed by atoms with Crippen molar-refractivity contribution in [3.63, 3.8) is 0 Å². The summed E-state index contributed by atoms with van der Waals surface area (Å²) in [5.74, 6) is -0.697. The van der Waals surface area contributed by atoms with E-state index in [4.69, 9.17) is 14.3 Å². The van der Waals surface area contributed by atoms with E-state index in [0.29, 0.717) is 25.4 Å². The minimum atomic E-state index is -0.476. The lowest BCUT2D eigenvalue weighted by Crippen LogP contribution is -2.37. The molecular formula is C67H116N2O4. The van der Waals surface area contributed by atoms with Gasteiger partial charge in [-0.2, -0.15) is 0 Å². The maximum Gasteiger partial charge on any atom is 0.274 e. The smallest absolute Gasteiger partial charge is 0.274 e. The molecule has 1 amide bonds. The van der Waals surface area contributed by atoms with Crippen LogP contribution in [-0.4, -0.2) is 38.0 Å². The van der Waals surface area contributed by atoms with Crippen molar-refractivity contribution in [3.8, 4) is 0 Å². The van der Waals surface area contributed by atoms with Crippen LogP contribution in [0, 0.1) is 0 Å². The Labute approximate surface area is 451 Å². The zero-order valence-electron chi connectivity index (χ0n) is 47.8. The normalized spacial score (nSPS) is 22.0. The Bertz CT molecular complexity index is 1490. The molecule has 2 aromatic rings. The van der Waals surface area contributed by atoms with Gasteiger partial charge in [0.25, 0.3) is 5.91 Å². The number of anilines is 1. The zero-order valence-corrected chi connectivity index (χ0v) is 47.8. The molecule has 0 aromatic heterocycles. The second kappa shape index (κ2) is 45.8. The highest BCUT2D eigenvalue weighted by Gasteiger charge is 2.36. The van der Waals surface area contributed by atoms with E-state index < -0.39 is 5.79 Å². The number of nitrogens with zero attached hydrogens (tertiary/aromatic N) is 1. The van der Waals surface area contributed by atoms with Gasteiger partial charge in [-0.25, -0.2) is 5.48 Å². The number of nitrogens with one attached hydrogen (secondary N) is 1. The van der Waals surface area contributed by atoms with Crippen LogP contribution in [0.15, 0.2) is 54.6 Å². The van der Waals surface area contributed by atoms with Crippen molar-refractivity contribution in [2.45, 2.75) is 321 Å². The van der Waals surface area contributed by atoms with Crippen LogP contribution in [-0.2, 0) is 20.9 Å². The Balaban J connectivity index is 1.14. The minimum Gasteiger partial charge on any atom is -0.371 e. The summed E-state index contributed by atoms with van der Waals surface area (Å²) in [6.45, 7) is 3.60. The molecule has 418 valence electrons. The molecule has 4 rings (SSSR count). The first-order valence-electron chi connectivity index (χ1n) is 32.3. The lowest BCUT2D eigenvalue weighted by Gasteiger charge is -2.32. The van der Waals surface area contributed by atoms with E-state index in [0.717, 1.165) is 43.6 Å². The Morgan fingerprint density at radius 1 is 0.384 bits per heavy atom. The van der Waals surface area contributed by atoms with E-state index in [9.17, 15) is 4.79 Å². The molecule has 2 heterocycles. The number of rotatable bonds is 5. The van der Waals surface area contributed by atoms with Crippen molar-refractivity contribution in [2.75, 3.05) is 31.2 Å². The second-order valence-corrected chi connectivity index (χ2v) is 23.1. The van der Waals surface area contributed by atoms with Crippen LogP contribution in [0.4, 0.5) is 5.69 Å². The van der Waals surface area contributed by atoms with Gasteiger partial charge in [0.1, 0.15) is 0 Å². The predicted octanol–water partition coefficient (Wildman–Crippen LogP) is 20.8. The monoisotopic (exact) mass is 1010 g/mol. The largest absolute Gasteiger partial charge is 0.371 e. The molecule has 6 heteroatoms. The van der Waals surface area contributed by atoms with Gasteiger partial charge in [0.2, 0.25) is 0 Å². The first-order valence-corrected chi connectivity index (χ1v) is 32.3. The fourth-order valence-electron chi connectivity index (χ4n) is 11.7. The highest BCUT2D eigenvalue weighted by Crippen LogP contribution is 2.32. The van der Waals surface area contributed by atoms with Gasteiger partial charge in [-0.1, -0.05) is 313 Å². The molecule has 2 fully saturated rings. The molecule has 2 saturated heterocycles. The van der Waals surface area contributed by atoms with Crippen LogP contribution in [0.2, 0.25) is 0 Å². The number of carbonyl (C=O) groups excluding carboxylic acids is 1. The molecule has 6 nitrogen and oxygen atoms in total. The van der Waals surface area contributed by atoms with Crippen molar-refractivity contribution in [2.24, 2.45) is 0 Å². The van der Waals surface area contributed by atoms with Gasteiger partial charge < -0.3 is 14.4 Å². The SMILES string of the molecule is O=C(NOCc1ccccc1)c1ccc(N2CCCCCCCCCCCCCCCCCCCCCCCCCCCCCCCCCCCCCCCCCCCCCCCCC3(CC2)OCCO3)cc1. The molecule has 73 heavy (non-hydrogen) atoms. The third-order valence-corrected chi connectivity index (χ3v) is 16.6. The maximum atomic E-state index is 13.0. The number of carbonyl (C=O) groups is 1. The lowest BCUT2D eigenvalue weighted by molar-refractivity contribution is -0.166. The molecule has 0 aliphatic carbocycles. The molecular weight excluding hydrogens is 897 g/mol. The van der Waals surface area contributed by atoms with Crippen LogP contribution >= 0.6 is 0 Å². The standard InChI is InChI=1S/C67H116N2O4/c70-66(68-73-62-63-50-46-45-47-51-63)64-52-54-65(55-53-64)69-58-49-44-42-40-38-36-34-32-30-28-26-24-22-20-18-16-14-12-10-8-6-4-2-1-3-5-7-9-11-13-15-17-19-21-23-25-27-29-31-33-35-37-39-41-43-48-56-67(57-59-69)71-60-61-72-67/h45-47,50-55H,1-44,48-49,56-62H2,(H,68,70). The van der Waals surface area contributed by atoms with E-state index in [1.807, 2.05) is 42.5 Å². The summed E-state index contributed by atoms with van der Waals surface area (Å²) >= 11 is 0. The van der Waals surface area contributed by atoms with Crippen molar-refractivity contribution >= 4 is 11.6 Å². The average molecular weight is 1010 g/mol. The van der Waals surface area contributed by atoms with Gasteiger partial charge in [0, 0.05) is 37.2 Å². The van der Waals surface area contributed by atoms with Crippen molar-refractivity contribution < 1.29 is 19.1 Å². The number of amides is 1. The van der Waals surface area contributed by atoms with Gasteiger partial charge in [0.05, 0.1) is 19.8 Å². The van der Waals surface area contributed by atoms with Crippen molar-refractivity contribution in [1.82, 2.24) is 5.48 Å². The molecule has 2 aliphatic heterocycles. The van der Waals surface area contributed by atoms with E-state index in [1.54, 1.807) is 0 Å². The molecule has 0 bridgehead atoms. The van der Waals surface area contributed by atoms with Crippen LogP contribution < -0.4 is 10.4 Å². The summed E-state index contributed by atoms with van der Waals surface area (Å²) in [5, 5.41) is 0. The summed E-state index contributed by atoms with van der Waals surface area (Å²) in [7, 11) is 0. The predicted molar refractivity (Wildman–Crippen MR) is 314 cm³/mol. The van der Waals surface area contributed by atoms with E-state index in [1.165, 1.54) is 289 Å². The highest BCUT2D eigenvalue weighted by molar-refractivity contribution is 5.93. The van der Waals surface area contributed by atoms with Crippen LogP contribution in [0.25, 0.3) is 0 Å². The highest BCUT2D eigenvalue weighted by atomic mass is 16.7. The van der Waals surface area contributed by atoms with Gasteiger partial charge in [0.15, 0.2) is 5.79 Å². The summed E-state index contributed by atoms with van der Waals surface area (Å²) in [5.41, 5.74) is 5.42. The molecule has 0 radical (unpaired) electrons. The van der Waals surface area contributed by atoms with Crippen molar-refractivity contribution in [3.05, 3.63) is 65.7 Å². The Kier molecular flexibility index (Phi) is 39.6. The number of benzene rings is 2. The van der Waals surface area contributed by atoms with E-state index in [-0.39, 0.29) is 5.91 Å². The summed E-state index contributed by atoms with van der Waals surface area (Å²) in [6.07, 6.45) is 67.2. The number of ether oxygens (including phenoxy) is 2. The number of hydrogen-bond acceptors (Lipinski definition) is 5. The molecule has 0 unspecified atom stereocenters. The number of hydroxylamine groups is 1. The van der Waals surface area contributed by atoms with Crippen LogP contribution in [0.5, 0.6) is 0 Å². The average Bonchev–Trinajstić information content (AvgIpc) is 3.89. The first kappa shape index (κ1) is 63.1. The lowest BCUT2D eigenvalue weighted by atomic mass is 10.0. The molecule has 0 atom stereocenters. The molecule has 2 aliphatic rings. The summed E-state index contributed by atoms with van der Waals surface area (Å²) in [6, 6.07) is 18.0. The third-order valence-electron chi connectivity index (χ3n) is 16.6. The third kappa shape index (κ3) is 34.1. The van der Waals surface area contributed by atoms with Crippen molar-refractivity contribution in [1.29, 1.82) is 0 Å².